The summed E-state index contributed by atoms with van der Waals surface area (Å²) in [7, 11) is 1.95. The van der Waals surface area contributed by atoms with E-state index >= 15 is 0 Å². The average Bonchev–Trinajstić information content (AvgIpc) is 2.78. The third-order valence-corrected chi connectivity index (χ3v) is 2.95. The lowest BCUT2D eigenvalue weighted by Gasteiger charge is -2.12. The number of aryl methyl sites for hydroxylation is 2. The van der Waals surface area contributed by atoms with E-state index in [1.54, 1.807) is 6.20 Å². The third kappa shape index (κ3) is 2.20. The highest BCUT2D eigenvalue weighted by molar-refractivity contribution is 5.54. The van der Waals surface area contributed by atoms with E-state index in [1.807, 2.05) is 17.8 Å². The van der Waals surface area contributed by atoms with Gasteiger partial charge in [0.25, 0.3) is 0 Å². The molecule has 0 bridgehead atoms. The first kappa shape index (κ1) is 12.5. The standard InChI is InChI=1S/C13H19N5/c1-5-10-9(3)11(14-6-2)17-12(16-10)13-15-7-8-18(13)4/h7-8H,5-6H2,1-4H3,(H,14,16,17). The van der Waals surface area contributed by atoms with Crippen molar-refractivity contribution in [2.45, 2.75) is 27.2 Å². The Morgan fingerprint density at radius 3 is 2.61 bits per heavy atom. The zero-order valence-corrected chi connectivity index (χ0v) is 11.4. The van der Waals surface area contributed by atoms with Gasteiger partial charge in [-0.2, -0.15) is 0 Å². The van der Waals surface area contributed by atoms with Crippen molar-refractivity contribution in [2.24, 2.45) is 7.05 Å². The predicted octanol–water partition coefficient (Wildman–Crippen LogP) is 2.18. The Balaban J connectivity index is 2.55. The number of hydrogen-bond acceptors (Lipinski definition) is 4. The maximum atomic E-state index is 4.60. The summed E-state index contributed by atoms with van der Waals surface area (Å²) in [6, 6.07) is 0. The topological polar surface area (TPSA) is 55.6 Å². The summed E-state index contributed by atoms with van der Waals surface area (Å²) >= 11 is 0. The van der Waals surface area contributed by atoms with Crippen molar-refractivity contribution in [3.8, 4) is 11.6 Å². The molecule has 0 aliphatic carbocycles. The SMILES string of the molecule is CCNc1nc(-c2nccn2C)nc(CC)c1C. The van der Waals surface area contributed by atoms with Gasteiger partial charge in [0.2, 0.25) is 0 Å². The fourth-order valence-corrected chi connectivity index (χ4v) is 1.93. The van der Waals surface area contributed by atoms with Crippen LogP contribution in [0.15, 0.2) is 12.4 Å². The molecule has 0 saturated heterocycles. The summed E-state index contributed by atoms with van der Waals surface area (Å²) in [5.74, 6) is 2.38. The van der Waals surface area contributed by atoms with Crippen LogP contribution in [-0.2, 0) is 13.5 Å². The Labute approximate surface area is 107 Å². The first-order valence-corrected chi connectivity index (χ1v) is 6.26. The zero-order valence-electron chi connectivity index (χ0n) is 11.4. The summed E-state index contributed by atoms with van der Waals surface area (Å²) in [5.41, 5.74) is 2.19. The van der Waals surface area contributed by atoms with Crippen LogP contribution in [0, 0.1) is 6.92 Å². The molecule has 2 aromatic heterocycles. The largest absolute Gasteiger partial charge is 0.370 e. The van der Waals surface area contributed by atoms with E-state index in [2.05, 4.69) is 41.0 Å². The molecule has 2 heterocycles. The smallest absolute Gasteiger partial charge is 0.198 e. The van der Waals surface area contributed by atoms with Crippen molar-refractivity contribution < 1.29 is 0 Å². The fraction of sp³-hybridized carbons (Fsp3) is 0.462. The maximum absolute atomic E-state index is 4.60. The number of aromatic nitrogens is 4. The molecule has 0 aromatic carbocycles. The highest BCUT2D eigenvalue weighted by Crippen LogP contribution is 2.20. The molecule has 5 heteroatoms. The minimum atomic E-state index is 0.681. The molecule has 2 rings (SSSR count). The van der Waals surface area contributed by atoms with Gasteiger partial charge in [0.05, 0.1) is 0 Å². The lowest BCUT2D eigenvalue weighted by atomic mass is 10.2. The Kier molecular flexibility index (Phi) is 3.60. The Bertz CT molecular complexity index is 544. The minimum absolute atomic E-state index is 0.681. The monoisotopic (exact) mass is 245 g/mol. The van der Waals surface area contributed by atoms with Crippen LogP contribution in [0.2, 0.25) is 0 Å². The molecule has 0 aliphatic heterocycles. The summed E-state index contributed by atoms with van der Waals surface area (Å²) < 4.78 is 1.93. The van der Waals surface area contributed by atoms with Crippen molar-refractivity contribution in [1.29, 1.82) is 0 Å². The fourth-order valence-electron chi connectivity index (χ4n) is 1.93. The van der Waals surface area contributed by atoms with Crippen LogP contribution in [0.1, 0.15) is 25.1 Å². The van der Waals surface area contributed by atoms with Crippen LogP contribution in [0.25, 0.3) is 11.6 Å². The molecule has 1 N–H and O–H groups in total. The molecule has 5 nitrogen and oxygen atoms in total. The molecule has 0 spiro atoms. The molecule has 2 aromatic rings. The Morgan fingerprint density at radius 2 is 2.06 bits per heavy atom. The van der Waals surface area contributed by atoms with Crippen molar-refractivity contribution in [3.05, 3.63) is 23.7 Å². The first-order chi connectivity index (χ1) is 8.67. The van der Waals surface area contributed by atoms with E-state index in [0.29, 0.717) is 5.82 Å². The molecule has 0 saturated carbocycles. The summed E-state index contributed by atoms with van der Waals surface area (Å²) in [6.07, 6.45) is 4.55. The third-order valence-electron chi connectivity index (χ3n) is 2.95. The number of anilines is 1. The zero-order chi connectivity index (χ0) is 13.1. The van der Waals surface area contributed by atoms with Gasteiger partial charge in [0.1, 0.15) is 5.82 Å². The van der Waals surface area contributed by atoms with Crippen molar-refractivity contribution in [1.82, 2.24) is 19.5 Å². The van der Waals surface area contributed by atoms with Gasteiger partial charge in [-0.25, -0.2) is 15.0 Å². The van der Waals surface area contributed by atoms with Gasteiger partial charge in [0, 0.05) is 37.2 Å². The Morgan fingerprint density at radius 1 is 1.28 bits per heavy atom. The van der Waals surface area contributed by atoms with Crippen molar-refractivity contribution >= 4 is 5.82 Å². The average molecular weight is 245 g/mol. The maximum Gasteiger partial charge on any atom is 0.198 e. The summed E-state index contributed by atoms with van der Waals surface area (Å²) in [5, 5.41) is 3.28. The molecular weight excluding hydrogens is 226 g/mol. The molecule has 0 amide bonds. The summed E-state index contributed by atoms with van der Waals surface area (Å²) in [6.45, 7) is 7.07. The Hall–Kier alpha value is -1.91. The number of rotatable bonds is 4. The normalized spacial score (nSPS) is 10.7. The van der Waals surface area contributed by atoms with Gasteiger partial charge in [-0.1, -0.05) is 6.92 Å². The highest BCUT2D eigenvalue weighted by atomic mass is 15.1. The van der Waals surface area contributed by atoms with Crippen LogP contribution in [-0.4, -0.2) is 26.1 Å². The van der Waals surface area contributed by atoms with E-state index < -0.39 is 0 Å². The van der Waals surface area contributed by atoms with E-state index in [4.69, 9.17) is 0 Å². The second kappa shape index (κ2) is 5.16. The molecule has 0 unspecified atom stereocenters. The second-order valence-corrected chi connectivity index (χ2v) is 4.21. The quantitative estimate of drug-likeness (QED) is 0.897. The van der Waals surface area contributed by atoms with Gasteiger partial charge in [0.15, 0.2) is 11.6 Å². The van der Waals surface area contributed by atoms with E-state index in [9.17, 15) is 0 Å². The lowest BCUT2D eigenvalue weighted by molar-refractivity contribution is 0.889. The predicted molar refractivity (Wildman–Crippen MR) is 72.5 cm³/mol. The number of hydrogen-bond donors (Lipinski definition) is 1. The molecule has 0 radical (unpaired) electrons. The number of nitrogens with one attached hydrogen (secondary N) is 1. The van der Waals surface area contributed by atoms with Gasteiger partial charge in [-0.05, 0) is 20.3 Å². The second-order valence-electron chi connectivity index (χ2n) is 4.21. The van der Waals surface area contributed by atoms with Gasteiger partial charge in [-0.3, -0.25) is 0 Å². The molecule has 0 atom stereocenters. The van der Waals surface area contributed by atoms with Crippen LogP contribution in [0.4, 0.5) is 5.82 Å². The van der Waals surface area contributed by atoms with E-state index in [0.717, 1.165) is 35.9 Å². The van der Waals surface area contributed by atoms with Crippen LogP contribution < -0.4 is 5.32 Å². The summed E-state index contributed by atoms with van der Waals surface area (Å²) in [4.78, 5) is 13.5. The first-order valence-electron chi connectivity index (χ1n) is 6.26. The van der Waals surface area contributed by atoms with Gasteiger partial charge in [-0.15, -0.1) is 0 Å². The molecular formula is C13H19N5. The molecule has 0 fully saturated rings. The van der Waals surface area contributed by atoms with Crippen molar-refractivity contribution in [2.75, 3.05) is 11.9 Å². The van der Waals surface area contributed by atoms with Gasteiger partial charge >= 0.3 is 0 Å². The minimum Gasteiger partial charge on any atom is -0.370 e. The number of imidazole rings is 1. The van der Waals surface area contributed by atoms with Crippen LogP contribution in [0.5, 0.6) is 0 Å². The van der Waals surface area contributed by atoms with Crippen LogP contribution >= 0.6 is 0 Å². The van der Waals surface area contributed by atoms with E-state index in [-0.39, 0.29) is 0 Å². The van der Waals surface area contributed by atoms with E-state index in [1.165, 1.54) is 0 Å². The van der Waals surface area contributed by atoms with Crippen LogP contribution in [0.3, 0.4) is 0 Å². The van der Waals surface area contributed by atoms with Crippen molar-refractivity contribution in [3.63, 3.8) is 0 Å². The highest BCUT2D eigenvalue weighted by Gasteiger charge is 2.13. The molecule has 0 aliphatic rings. The number of nitrogens with zero attached hydrogens (tertiary/aromatic N) is 4. The molecule has 96 valence electrons. The molecule has 18 heavy (non-hydrogen) atoms. The lowest BCUT2D eigenvalue weighted by Crippen LogP contribution is -2.09. The van der Waals surface area contributed by atoms with Gasteiger partial charge < -0.3 is 9.88 Å².